The number of hydrogen-bond acceptors (Lipinski definition) is 5. The van der Waals surface area contributed by atoms with E-state index in [-0.39, 0.29) is 22.8 Å². The third-order valence-corrected chi connectivity index (χ3v) is 4.65. The number of carbonyl (C=O) groups excluding carboxylic acids is 1. The number of nitrogens with zero attached hydrogens (tertiary/aromatic N) is 2. The Morgan fingerprint density at radius 3 is 2.95 bits per heavy atom. The Kier molecular flexibility index (Phi) is 3.88. The first-order chi connectivity index (χ1) is 10.5. The number of piperidine rings is 1. The standard InChI is InChI=1S/C14H18N4O3S/c1-22(20,21)14-17-12(11-6-2-3-8-18(11)14)13(19)16-10-5-4-7-15-9-10/h2-3,6,8,10,15H,4-5,7,9H2,1H3,(H,16,19). The van der Waals surface area contributed by atoms with Gasteiger partial charge in [-0.05, 0) is 31.5 Å². The van der Waals surface area contributed by atoms with Gasteiger partial charge in [0.2, 0.25) is 15.0 Å². The van der Waals surface area contributed by atoms with E-state index in [0.717, 1.165) is 32.2 Å². The average Bonchev–Trinajstić information content (AvgIpc) is 2.88. The van der Waals surface area contributed by atoms with Crippen LogP contribution in [0.15, 0.2) is 29.6 Å². The Balaban J connectivity index is 1.98. The number of aromatic nitrogens is 2. The van der Waals surface area contributed by atoms with Gasteiger partial charge in [0.05, 0.1) is 5.52 Å². The van der Waals surface area contributed by atoms with Crippen molar-refractivity contribution in [2.75, 3.05) is 19.3 Å². The van der Waals surface area contributed by atoms with Crippen LogP contribution in [0.1, 0.15) is 23.3 Å². The molecule has 1 aliphatic rings. The van der Waals surface area contributed by atoms with E-state index < -0.39 is 9.84 Å². The minimum absolute atomic E-state index is 0.0448. The maximum absolute atomic E-state index is 12.5. The number of rotatable bonds is 3. The molecule has 0 aliphatic carbocycles. The van der Waals surface area contributed by atoms with E-state index in [2.05, 4.69) is 15.6 Å². The number of sulfone groups is 1. The number of pyridine rings is 1. The highest BCUT2D eigenvalue weighted by Gasteiger charge is 2.24. The highest BCUT2D eigenvalue weighted by atomic mass is 32.2. The third kappa shape index (κ3) is 2.84. The average molecular weight is 322 g/mol. The van der Waals surface area contributed by atoms with Gasteiger partial charge in [-0.1, -0.05) is 6.07 Å². The van der Waals surface area contributed by atoms with Crippen molar-refractivity contribution in [3.63, 3.8) is 0 Å². The van der Waals surface area contributed by atoms with Gasteiger partial charge in [0.25, 0.3) is 5.91 Å². The monoisotopic (exact) mass is 322 g/mol. The molecule has 3 rings (SSSR count). The van der Waals surface area contributed by atoms with Crippen LogP contribution in [0.25, 0.3) is 5.52 Å². The predicted molar refractivity (Wildman–Crippen MR) is 81.7 cm³/mol. The number of amides is 1. The van der Waals surface area contributed by atoms with Gasteiger partial charge >= 0.3 is 0 Å². The molecule has 1 aliphatic heterocycles. The fourth-order valence-electron chi connectivity index (χ4n) is 2.67. The van der Waals surface area contributed by atoms with Crippen molar-refractivity contribution in [1.29, 1.82) is 0 Å². The lowest BCUT2D eigenvalue weighted by Gasteiger charge is -2.23. The SMILES string of the molecule is CS(=O)(=O)c1nc(C(=O)NC2CCCNC2)c2ccccn12. The quantitative estimate of drug-likeness (QED) is 0.843. The summed E-state index contributed by atoms with van der Waals surface area (Å²) in [5.74, 6) is -0.340. The first kappa shape index (κ1) is 15.0. The molecular formula is C14H18N4O3S. The Hall–Kier alpha value is -1.93. The molecule has 2 aromatic heterocycles. The zero-order valence-electron chi connectivity index (χ0n) is 12.2. The predicted octanol–water partition coefficient (Wildman–Crippen LogP) is 0.220. The maximum atomic E-state index is 12.5. The third-order valence-electron chi connectivity index (χ3n) is 3.69. The van der Waals surface area contributed by atoms with E-state index in [1.54, 1.807) is 24.4 Å². The van der Waals surface area contributed by atoms with Crippen LogP contribution in [0.5, 0.6) is 0 Å². The van der Waals surface area contributed by atoms with Crippen molar-refractivity contribution in [2.24, 2.45) is 0 Å². The summed E-state index contributed by atoms with van der Waals surface area (Å²) in [6.07, 6.45) is 4.59. The molecule has 118 valence electrons. The molecular weight excluding hydrogens is 304 g/mol. The zero-order valence-corrected chi connectivity index (χ0v) is 13.1. The van der Waals surface area contributed by atoms with E-state index in [4.69, 9.17) is 0 Å². The number of hydrogen-bond donors (Lipinski definition) is 2. The molecule has 1 unspecified atom stereocenters. The summed E-state index contributed by atoms with van der Waals surface area (Å²) >= 11 is 0. The Morgan fingerprint density at radius 2 is 2.27 bits per heavy atom. The van der Waals surface area contributed by atoms with Crippen molar-refractivity contribution in [3.8, 4) is 0 Å². The summed E-state index contributed by atoms with van der Waals surface area (Å²) in [4.78, 5) is 16.5. The molecule has 22 heavy (non-hydrogen) atoms. The van der Waals surface area contributed by atoms with E-state index in [9.17, 15) is 13.2 Å². The molecule has 7 nitrogen and oxygen atoms in total. The lowest BCUT2D eigenvalue weighted by atomic mass is 10.1. The van der Waals surface area contributed by atoms with Gasteiger partial charge in [-0.3, -0.25) is 9.20 Å². The first-order valence-corrected chi connectivity index (χ1v) is 9.04. The fourth-order valence-corrected chi connectivity index (χ4v) is 3.44. The summed E-state index contributed by atoms with van der Waals surface area (Å²) < 4.78 is 25.1. The molecule has 8 heteroatoms. The lowest BCUT2D eigenvalue weighted by Crippen LogP contribution is -2.45. The van der Waals surface area contributed by atoms with Crippen molar-refractivity contribution in [3.05, 3.63) is 30.1 Å². The second-order valence-corrected chi connectivity index (χ2v) is 7.40. The fraction of sp³-hybridized carbons (Fsp3) is 0.429. The Bertz CT molecular complexity index is 807. The van der Waals surface area contributed by atoms with Gasteiger partial charge < -0.3 is 10.6 Å². The van der Waals surface area contributed by atoms with Gasteiger partial charge in [0.1, 0.15) is 0 Å². The summed E-state index contributed by atoms with van der Waals surface area (Å²) in [6, 6.07) is 5.19. The first-order valence-electron chi connectivity index (χ1n) is 7.15. The normalized spacial score (nSPS) is 19.2. The summed E-state index contributed by atoms with van der Waals surface area (Å²) in [7, 11) is -3.52. The van der Waals surface area contributed by atoms with Crippen LogP contribution in [0.2, 0.25) is 0 Å². The number of carbonyl (C=O) groups is 1. The second-order valence-electron chi connectivity index (χ2n) is 5.49. The molecule has 1 fully saturated rings. The van der Waals surface area contributed by atoms with Gasteiger partial charge in [-0.25, -0.2) is 13.4 Å². The van der Waals surface area contributed by atoms with E-state index in [1.807, 2.05) is 0 Å². The molecule has 0 aromatic carbocycles. The Labute approximate surface area is 128 Å². The molecule has 0 spiro atoms. The van der Waals surface area contributed by atoms with Crippen LogP contribution >= 0.6 is 0 Å². The zero-order chi connectivity index (χ0) is 15.7. The van der Waals surface area contributed by atoms with Crippen LogP contribution in [0, 0.1) is 0 Å². The summed E-state index contributed by atoms with van der Waals surface area (Å²) in [5.41, 5.74) is 0.635. The van der Waals surface area contributed by atoms with Crippen molar-refractivity contribution in [1.82, 2.24) is 20.0 Å². The van der Waals surface area contributed by atoms with E-state index >= 15 is 0 Å². The molecule has 1 atom stereocenters. The van der Waals surface area contributed by atoms with Gasteiger partial charge in [-0.2, -0.15) is 0 Å². The van der Waals surface area contributed by atoms with E-state index in [1.165, 1.54) is 4.40 Å². The molecule has 3 heterocycles. The van der Waals surface area contributed by atoms with Crippen molar-refractivity contribution in [2.45, 2.75) is 24.0 Å². The highest BCUT2D eigenvalue weighted by molar-refractivity contribution is 7.90. The summed E-state index contributed by atoms with van der Waals surface area (Å²) in [5, 5.41) is 6.03. The minimum atomic E-state index is -3.52. The van der Waals surface area contributed by atoms with Crippen LogP contribution in [-0.2, 0) is 9.84 Å². The smallest absolute Gasteiger partial charge is 0.272 e. The molecule has 0 saturated carbocycles. The van der Waals surface area contributed by atoms with Crippen LogP contribution in [0.3, 0.4) is 0 Å². The van der Waals surface area contributed by atoms with Gasteiger partial charge in [-0.15, -0.1) is 0 Å². The molecule has 0 bridgehead atoms. The second kappa shape index (κ2) is 5.69. The molecule has 1 saturated heterocycles. The maximum Gasteiger partial charge on any atom is 0.272 e. The Morgan fingerprint density at radius 1 is 1.45 bits per heavy atom. The van der Waals surface area contributed by atoms with Crippen LogP contribution in [-0.4, -0.2) is 49.1 Å². The van der Waals surface area contributed by atoms with E-state index in [0.29, 0.717) is 5.52 Å². The molecule has 2 N–H and O–H groups in total. The largest absolute Gasteiger partial charge is 0.347 e. The molecule has 2 aromatic rings. The number of fused-ring (bicyclic) bond motifs is 1. The number of imidazole rings is 1. The van der Waals surface area contributed by atoms with Crippen molar-refractivity contribution >= 4 is 21.3 Å². The van der Waals surface area contributed by atoms with Crippen LogP contribution in [0.4, 0.5) is 0 Å². The van der Waals surface area contributed by atoms with Crippen molar-refractivity contribution < 1.29 is 13.2 Å². The topological polar surface area (TPSA) is 92.6 Å². The highest BCUT2D eigenvalue weighted by Crippen LogP contribution is 2.17. The molecule has 0 radical (unpaired) electrons. The minimum Gasteiger partial charge on any atom is -0.347 e. The summed E-state index contributed by atoms with van der Waals surface area (Å²) in [6.45, 7) is 1.68. The number of nitrogens with one attached hydrogen (secondary N) is 2. The van der Waals surface area contributed by atoms with Gasteiger partial charge in [0, 0.05) is 25.0 Å². The lowest BCUT2D eigenvalue weighted by molar-refractivity contribution is 0.0927. The molecule has 1 amide bonds. The van der Waals surface area contributed by atoms with Crippen LogP contribution < -0.4 is 10.6 Å². The van der Waals surface area contributed by atoms with Gasteiger partial charge in [0.15, 0.2) is 5.69 Å².